The van der Waals surface area contributed by atoms with E-state index in [9.17, 15) is 0 Å². The molecule has 2 rings (SSSR count). The van der Waals surface area contributed by atoms with Gasteiger partial charge in [0.1, 0.15) is 0 Å². The van der Waals surface area contributed by atoms with E-state index in [1.54, 1.807) is 18.0 Å². The van der Waals surface area contributed by atoms with Crippen LogP contribution in [0.5, 0.6) is 11.5 Å². The van der Waals surface area contributed by atoms with Gasteiger partial charge in [0.2, 0.25) is 4.77 Å². The highest BCUT2D eigenvalue weighted by molar-refractivity contribution is 7.71. The number of aryl methyl sites for hydroxylation is 1. The molecule has 7 heteroatoms. The summed E-state index contributed by atoms with van der Waals surface area (Å²) >= 11 is 5.29. The van der Waals surface area contributed by atoms with Gasteiger partial charge in [0.05, 0.1) is 19.9 Å². The Balaban J connectivity index is 1.90. The number of aromatic amines is 1. The number of benzene rings is 1. The molecule has 2 aromatic rings. The van der Waals surface area contributed by atoms with E-state index in [0.717, 1.165) is 42.8 Å². The molecule has 0 saturated heterocycles. The van der Waals surface area contributed by atoms with Gasteiger partial charge in [-0.25, -0.2) is 0 Å². The van der Waals surface area contributed by atoms with Crippen LogP contribution < -0.4 is 9.47 Å². The molecule has 0 radical (unpaired) electrons. The third-order valence-corrected chi connectivity index (χ3v) is 5.25. The molecule has 0 bridgehead atoms. The maximum absolute atomic E-state index is 5.94. The molecular formula is C23H36N4O2S. The second-order valence-electron chi connectivity index (χ2n) is 7.48. The predicted molar refractivity (Wildman–Crippen MR) is 125 cm³/mol. The summed E-state index contributed by atoms with van der Waals surface area (Å²) in [6, 6.07) is 5.84. The summed E-state index contributed by atoms with van der Waals surface area (Å²) in [5.74, 6) is 2.33. The number of nitrogens with one attached hydrogen (secondary N) is 1. The first kappa shape index (κ1) is 24.1. The summed E-state index contributed by atoms with van der Waals surface area (Å²) in [5, 5.41) is 11.6. The van der Waals surface area contributed by atoms with Crippen LogP contribution in [0.1, 0.15) is 83.0 Å². The minimum atomic E-state index is 0.499. The molecule has 30 heavy (non-hydrogen) atoms. The number of hydrogen-bond acceptors (Lipinski definition) is 5. The van der Waals surface area contributed by atoms with Gasteiger partial charge < -0.3 is 9.47 Å². The Bertz CT molecular complexity index is 829. The van der Waals surface area contributed by atoms with Crippen molar-refractivity contribution in [2.75, 3.05) is 13.7 Å². The Labute approximate surface area is 185 Å². The largest absolute Gasteiger partial charge is 0.493 e. The van der Waals surface area contributed by atoms with Crippen molar-refractivity contribution >= 4 is 18.4 Å². The second kappa shape index (κ2) is 14.0. The maximum atomic E-state index is 5.94. The first-order valence-corrected chi connectivity index (χ1v) is 11.6. The Kier molecular flexibility index (Phi) is 11.2. The summed E-state index contributed by atoms with van der Waals surface area (Å²) in [4.78, 5) is 0. The molecule has 0 saturated carbocycles. The number of H-pyrrole nitrogens is 1. The average molecular weight is 433 g/mol. The van der Waals surface area contributed by atoms with E-state index in [1.807, 2.05) is 18.2 Å². The monoisotopic (exact) mass is 432 g/mol. The molecule has 0 unspecified atom stereocenters. The predicted octanol–water partition coefficient (Wildman–Crippen LogP) is 6.30. The fourth-order valence-corrected chi connectivity index (χ4v) is 3.39. The quantitative estimate of drug-likeness (QED) is 0.204. The molecule has 0 fully saturated rings. The molecule has 0 aliphatic rings. The molecule has 1 aromatic heterocycles. The molecule has 1 heterocycles. The van der Waals surface area contributed by atoms with Crippen LogP contribution in [0.15, 0.2) is 23.3 Å². The molecule has 166 valence electrons. The lowest BCUT2D eigenvalue weighted by Gasteiger charge is -2.11. The lowest BCUT2D eigenvalue weighted by atomic mass is 10.1. The lowest BCUT2D eigenvalue weighted by Crippen LogP contribution is -2.01. The second-order valence-corrected chi connectivity index (χ2v) is 7.87. The molecule has 0 amide bonds. The minimum Gasteiger partial charge on any atom is -0.493 e. The van der Waals surface area contributed by atoms with E-state index in [2.05, 4.69) is 29.1 Å². The SMILES string of the molecule is CCCCCCCCCOc1ccc(/C=N\n2c(CCCC)n[nH]c2=S)cc1OC. The molecule has 1 N–H and O–H groups in total. The van der Waals surface area contributed by atoms with Crippen LogP contribution in [0.25, 0.3) is 0 Å². The van der Waals surface area contributed by atoms with Crippen molar-refractivity contribution in [1.82, 2.24) is 14.9 Å². The van der Waals surface area contributed by atoms with Crippen molar-refractivity contribution in [3.63, 3.8) is 0 Å². The Morgan fingerprint density at radius 1 is 1.03 bits per heavy atom. The average Bonchev–Trinajstić information content (AvgIpc) is 3.12. The highest BCUT2D eigenvalue weighted by Gasteiger charge is 2.07. The van der Waals surface area contributed by atoms with Crippen molar-refractivity contribution in [2.45, 2.75) is 78.1 Å². The fourth-order valence-electron chi connectivity index (χ4n) is 3.19. The highest BCUT2D eigenvalue weighted by Crippen LogP contribution is 2.28. The van der Waals surface area contributed by atoms with E-state index >= 15 is 0 Å². The summed E-state index contributed by atoms with van der Waals surface area (Å²) in [6.45, 7) is 5.11. The molecule has 0 atom stereocenters. The van der Waals surface area contributed by atoms with Crippen LogP contribution in [0.3, 0.4) is 0 Å². The van der Waals surface area contributed by atoms with Crippen molar-refractivity contribution in [3.8, 4) is 11.5 Å². The first-order chi connectivity index (χ1) is 14.7. The van der Waals surface area contributed by atoms with Crippen molar-refractivity contribution in [1.29, 1.82) is 0 Å². The standard InChI is InChI=1S/C23H36N4O2S/c1-4-6-8-9-10-11-12-16-29-20-15-14-19(17-21(20)28-3)18-24-27-22(13-7-5-2)25-26-23(27)30/h14-15,17-18H,4-13,16H2,1-3H3,(H,26,30)/b24-18-. The number of methoxy groups -OCH3 is 1. The van der Waals surface area contributed by atoms with Gasteiger partial charge in [0.25, 0.3) is 0 Å². The summed E-state index contributed by atoms with van der Waals surface area (Å²) < 4.78 is 13.6. The number of nitrogens with zero attached hydrogens (tertiary/aromatic N) is 3. The molecule has 6 nitrogen and oxygen atoms in total. The van der Waals surface area contributed by atoms with E-state index in [0.29, 0.717) is 17.1 Å². The molecule has 0 aliphatic heterocycles. The summed E-state index contributed by atoms with van der Waals surface area (Å²) in [7, 11) is 1.66. The third kappa shape index (κ3) is 7.94. The lowest BCUT2D eigenvalue weighted by molar-refractivity contribution is 0.284. The zero-order valence-corrected chi connectivity index (χ0v) is 19.5. The van der Waals surface area contributed by atoms with Gasteiger partial charge in [-0.15, -0.1) is 0 Å². The normalized spacial score (nSPS) is 11.3. The molecule has 1 aromatic carbocycles. The van der Waals surface area contributed by atoms with Crippen molar-refractivity contribution in [2.24, 2.45) is 5.10 Å². The van der Waals surface area contributed by atoms with Crippen LogP contribution >= 0.6 is 12.2 Å². The van der Waals surface area contributed by atoms with E-state index in [1.165, 1.54) is 38.5 Å². The molecule has 0 aliphatic carbocycles. The smallest absolute Gasteiger partial charge is 0.216 e. The van der Waals surface area contributed by atoms with Gasteiger partial charge in [-0.3, -0.25) is 5.10 Å². The van der Waals surface area contributed by atoms with E-state index in [4.69, 9.17) is 21.7 Å². The van der Waals surface area contributed by atoms with Crippen LogP contribution in [0, 0.1) is 4.77 Å². The van der Waals surface area contributed by atoms with Crippen LogP contribution in [-0.2, 0) is 6.42 Å². The van der Waals surface area contributed by atoms with Crippen LogP contribution in [0.4, 0.5) is 0 Å². The Morgan fingerprint density at radius 3 is 2.50 bits per heavy atom. The van der Waals surface area contributed by atoms with E-state index in [-0.39, 0.29) is 0 Å². The van der Waals surface area contributed by atoms with Crippen LogP contribution in [-0.4, -0.2) is 34.8 Å². The van der Waals surface area contributed by atoms with E-state index < -0.39 is 0 Å². The van der Waals surface area contributed by atoms with Gasteiger partial charge in [0, 0.05) is 6.42 Å². The zero-order chi connectivity index (χ0) is 21.6. The Hall–Kier alpha value is -2.15. The third-order valence-electron chi connectivity index (χ3n) is 4.99. The van der Waals surface area contributed by atoms with Gasteiger partial charge in [-0.1, -0.05) is 58.8 Å². The molecule has 0 spiro atoms. The van der Waals surface area contributed by atoms with Crippen LogP contribution in [0.2, 0.25) is 0 Å². The number of hydrogen-bond donors (Lipinski definition) is 1. The number of aromatic nitrogens is 3. The summed E-state index contributed by atoms with van der Waals surface area (Å²) in [5.41, 5.74) is 0.916. The fraction of sp³-hybridized carbons (Fsp3) is 0.609. The first-order valence-electron chi connectivity index (χ1n) is 11.2. The van der Waals surface area contributed by atoms with Gasteiger partial charge >= 0.3 is 0 Å². The maximum Gasteiger partial charge on any atom is 0.216 e. The minimum absolute atomic E-state index is 0.499. The number of rotatable bonds is 15. The summed E-state index contributed by atoms with van der Waals surface area (Å²) in [6.07, 6.45) is 13.6. The molecular weight excluding hydrogens is 396 g/mol. The van der Waals surface area contributed by atoms with Gasteiger partial charge in [-0.05, 0) is 48.8 Å². The Morgan fingerprint density at radius 2 is 1.77 bits per heavy atom. The zero-order valence-electron chi connectivity index (χ0n) is 18.7. The number of unbranched alkanes of at least 4 members (excludes halogenated alkanes) is 7. The topological polar surface area (TPSA) is 64.4 Å². The van der Waals surface area contributed by atoms with Crippen molar-refractivity contribution in [3.05, 3.63) is 34.4 Å². The number of ether oxygens (including phenoxy) is 2. The van der Waals surface area contributed by atoms with Gasteiger partial charge in [-0.2, -0.15) is 14.9 Å². The van der Waals surface area contributed by atoms with Crippen molar-refractivity contribution < 1.29 is 9.47 Å². The van der Waals surface area contributed by atoms with Gasteiger partial charge in [0.15, 0.2) is 17.3 Å². The highest BCUT2D eigenvalue weighted by atomic mass is 32.1.